The fourth-order valence-electron chi connectivity index (χ4n) is 4.12. The SMILES string of the molecule is CC(C)COc1ccc(C(=O)N(Cc2cccc3ccccc23)[C@@H]2CCS(=O)(=O)C2)cc1. The molecule has 1 fully saturated rings. The normalized spacial score (nSPS) is 17.5. The minimum Gasteiger partial charge on any atom is -0.493 e. The van der Waals surface area contributed by atoms with Gasteiger partial charge in [-0.25, -0.2) is 8.42 Å². The highest BCUT2D eigenvalue weighted by atomic mass is 32.2. The Kier molecular flexibility index (Phi) is 6.51. The van der Waals surface area contributed by atoms with Crippen LogP contribution in [0.1, 0.15) is 36.2 Å². The summed E-state index contributed by atoms with van der Waals surface area (Å²) in [5.41, 5.74) is 1.55. The quantitative estimate of drug-likeness (QED) is 0.522. The van der Waals surface area contributed by atoms with Crippen LogP contribution in [0.2, 0.25) is 0 Å². The predicted octanol–water partition coefficient (Wildman–Crippen LogP) is 4.70. The number of rotatable bonds is 7. The summed E-state index contributed by atoms with van der Waals surface area (Å²) in [6.45, 7) is 5.14. The van der Waals surface area contributed by atoms with E-state index in [0.717, 1.165) is 22.1 Å². The predicted molar refractivity (Wildman–Crippen MR) is 128 cm³/mol. The number of amides is 1. The Morgan fingerprint density at radius 3 is 2.44 bits per heavy atom. The van der Waals surface area contributed by atoms with Gasteiger partial charge in [0.15, 0.2) is 9.84 Å². The highest BCUT2D eigenvalue weighted by Crippen LogP contribution is 2.26. The third kappa shape index (κ3) is 5.13. The molecule has 0 N–H and O–H groups in total. The van der Waals surface area contributed by atoms with Gasteiger partial charge in [-0.2, -0.15) is 0 Å². The van der Waals surface area contributed by atoms with Gasteiger partial charge >= 0.3 is 0 Å². The Bertz CT molecular complexity index is 1200. The van der Waals surface area contributed by atoms with E-state index >= 15 is 0 Å². The number of nitrogens with zero attached hydrogens (tertiary/aromatic N) is 1. The molecule has 0 spiro atoms. The Labute approximate surface area is 189 Å². The van der Waals surface area contributed by atoms with E-state index in [0.29, 0.717) is 31.1 Å². The Hall–Kier alpha value is -2.86. The van der Waals surface area contributed by atoms with E-state index < -0.39 is 9.84 Å². The van der Waals surface area contributed by atoms with E-state index in [1.54, 1.807) is 29.2 Å². The molecule has 3 aromatic carbocycles. The molecule has 1 amide bonds. The number of benzene rings is 3. The lowest BCUT2D eigenvalue weighted by Crippen LogP contribution is -2.40. The Morgan fingerprint density at radius 2 is 1.75 bits per heavy atom. The van der Waals surface area contributed by atoms with E-state index in [9.17, 15) is 13.2 Å². The fourth-order valence-corrected chi connectivity index (χ4v) is 5.85. The first-order chi connectivity index (χ1) is 15.3. The van der Waals surface area contributed by atoms with Crippen molar-refractivity contribution in [1.82, 2.24) is 4.90 Å². The van der Waals surface area contributed by atoms with Crippen LogP contribution in [0, 0.1) is 5.92 Å². The maximum absolute atomic E-state index is 13.6. The molecule has 3 aromatic rings. The first-order valence-electron chi connectivity index (χ1n) is 11.0. The van der Waals surface area contributed by atoms with Gasteiger partial charge in [-0.3, -0.25) is 4.79 Å². The van der Waals surface area contributed by atoms with Crippen LogP contribution in [0.25, 0.3) is 10.8 Å². The van der Waals surface area contributed by atoms with Gasteiger partial charge in [0, 0.05) is 18.2 Å². The minimum atomic E-state index is -3.13. The van der Waals surface area contributed by atoms with Crippen molar-refractivity contribution in [2.75, 3.05) is 18.1 Å². The van der Waals surface area contributed by atoms with Crippen LogP contribution in [0.3, 0.4) is 0 Å². The smallest absolute Gasteiger partial charge is 0.254 e. The number of fused-ring (bicyclic) bond motifs is 1. The zero-order valence-corrected chi connectivity index (χ0v) is 19.3. The summed E-state index contributed by atoms with van der Waals surface area (Å²) in [6.07, 6.45) is 0.467. The summed E-state index contributed by atoms with van der Waals surface area (Å²) in [5.74, 6) is 1.12. The van der Waals surface area contributed by atoms with Gasteiger partial charge in [-0.05, 0) is 52.9 Å². The highest BCUT2D eigenvalue weighted by molar-refractivity contribution is 7.91. The molecular formula is C26H29NO4S. The third-order valence-corrected chi connectivity index (χ3v) is 7.57. The van der Waals surface area contributed by atoms with E-state index in [-0.39, 0.29) is 23.5 Å². The van der Waals surface area contributed by atoms with Gasteiger partial charge < -0.3 is 9.64 Å². The van der Waals surface area contributed by atoms with Gasteiger partial charge in [0.2, 0.25) is 0 Å². The molecule has 4 rings (SSSR count). The van der Waals surface area contributed by atoms with Crippen LogP contribution in [0.15, 0.2) is 66.7 Å². The summed E-state index contributed by atoms with van der Waals surface area (Å²) in [7, 11) is -3.13. The first kappa shape index (κ1) is 22.3. The fraction of sp³-hybridized carbons (Fsp3) is 0.346. The molecule has 6 heteroatoms. The lowest BCUT2D eigenvalue weighted by Gasteiger charge is -2.29. The number of carbonyl (C=O) groups is 1. The van der Waals surface area contributed by atoms with Gasteiger partial charge in [-0.15, -0.1) is 0 Å². The van der Waals surface area contributed by atoms with E-state index in [4.69, 9.17) is 4.74 Å². The largest absolute Gasteiger partial charge is 0.493 e. The van der Waals surface area contributed by atoms with E-state index in [2.05, 4.69) is 13.8 Å². The van der Waals surface area contributed by atoms with E-state index in [1.807, 2.05) is 42.5 Å². The van der Waals surface area contributed by atoms with Crippen molar-refractivity contribution >= 4 is 26.5 Å². The van der Waals surface area contributed by atoms with Gasteiger partial charge in [-0.1, -0.05) is 56.3 Å². The summed E-state index contributed by atoms with van der Waals surface area (Å²) in [6, 6.07) is 20.9. The molecule has 0 bridgehead atoms. The number of sulfone groups is 1. The second-order valence-corrected chi connectivity index (χ2v) is 11.1. The molecule has 1 aliphatic rings. The maximum Gasteiger partial charge on any atom is 0.254 e. The van der Waals surface area contributed by atoms with Gasteiger partial charge in [0.1, 0.15) is 5.75 Å². The van der Waals surface area contributed by atoms with Gasteiger partial charge in [0.05, 0.1) is 18.1 Å². The van der Waals surface area contributed by atoms with Crippen molar-refractivity contribution in [3.05, 3.63) is 77.9 Å². The van der Waals surface area contributed by atoms with Crippen LogP contribution in [-0.2, 0) is 16.4 Å². The van der Waals surface area contributed by atoms with Crippen LogP contribution in [-0.4, -0.2) is 43.4 Å². The average molecular weight is 452 g/mol. The zero-order valence-electron chi connectivity index (χ0n) is 18.5. The van der Waals surface area contributed by atoms with Crippen LogP contribution >= 0.6 is 0 Å². The first-order valence-corrected chi connectivity index (χ1v) is 12.9. The lowest BCUT2D eigenvalue weighted by molar-refractivity contribution is 0.0681. The second kappa shape index (κ2) is 9.33. The molecule has 0 aromatic heterocycles. The van der Waals surface area contributed by atoms with Crippen molar-refractivity contribution in [2.24, 2.45) is 5.92 Å². The highest BCUT2D eigenvalue weighted by Gasteiger charge is 2.35. The van der Waals surface area contributed by atoms with E-state index in [1.165, 1.54) is 0 Å². The molecule has 0 aliphatic carbocycles. The average Bonchev–Trinajstić information content (AvgIpc) is 3.15. The van der Waals surface area contributed by atoms with Crippen molar-refractivity contribution < 1.29 is 17.9 Å². The third-order valence-electron chi connectivity index (χ3n) is 5.82. The monoisotopic (exact) mass is 451 g/mol. The number of hydrogen-bond donors (Lipinski definition) is 0. The molecule has 1 atom stereocenters. The Balaban J connectivity index is 1.63. The molecule has 0 radical (unpaired) electrons. The zero-order chi connectivity index (χ0) is 22.7. The Morgan fingerprint density at radius 1 is 1.03 bits per heavy atom. The van der Waals surface area contributed by atoms with Crippen molar-refractivity contribution in [1.29, 1.82) is 0 Å². The maximum atomic E-state index is 13.6. The molecule has 1 saturated heterocycles. The molecule has 32 heavy (non-hydrogen) atoms. The topological polar surface area (TPSA) is 63.7 Å². The molecular weight excluding hydrogens is 422 g/mol. The van der Waals surface area contributed by atoms with Crippen LogP contribution < -0.4 is 4.74 Å². The van der Waals surface area contributed by atoms with Crippen LogP contribution in [0.4, 0.5) is 0 Å². The standard InChI is InChI=1S/C26H29NO4S/c1-19(2)17-31-24-12-10-21(11-13-24)26(28)27(23-14-15-32(29,30)18-23)16-22-8-5-7-20-6-3-4-9-25(20)22/h3-13,19,23H,14-18H2,1-2H3/t23-/m1/s1. The molecule has 5 nitrogen and oxygen atoms in total. The molecule has 1 heterocycles. The second-order valence-electron chi connectivity index (χ2n) is 8.86. The minimum absolute atomic E-state index is 0.0130. The number of ether oxygens (including phenoxy) is 1. The summed E-state index contributed by atoms with van der Waals surface area (Å²) in [5, 5.41) is 2.18. The van der Waals surface area contributed by atoms with Crippen molar-refractivity contribution in [3.8, 4) is 5.75 Å². The number of carbonyl (C=O) groups excluding carboxylic acids is 1. The summed E-state index contributed by atoms with van der Waals surface area (Å²) >= 11 is 0. The van der Waals surface area contributed by atoms with Crippen LogP contribution in [0.5, 0.6) is 5.75 Å². The van der Waals surface area contributed by atoms with Gasteiger partial charge in [0.25, 0.3) is 5.91 Å². The molecule has 1 aliphatic heterocycles. The molecule has 0 saturated carbocycles. The van der Waals surface area contributed by atoms with Crippen molar-refractivity contribution in [2.45, 2.75) is 32.9 Å². The summed E-state index contributed by atoms with van der Waals surface area (Å²) < 4.78 is 30.1. The van der Waals surface area contributed by atoms with Crippen molar-refractivity contribution in [3.63, 3.8) is 0 Å². The molecule has 168 valence electrons. The summed E-state index contributed by atoms with van der Waals surface area (Å²) in [4.78, 5) is 15.3. The molecule has 0 unspecified atom stereocenters. The number of hydrogen-bond acceptors (Lipinski definition) is 4. The lowest BCUT2D eigenvalue weighted by atomic mass is 10.0.